The number of rotatable bonds is 6. The van der Waals surface area contributed by atoms with E-state index in [0.29, 0.717) is 17.1 Å². The van der Waals surface area contributed by atoms with Crippen LogP contribution in [-0.2, 0) is 15.6 Å². The molecule has 0 atom stereocenters. The molecule has 35 heavy (non-hydrogen) atoms. The molecule has 0 saturated carbocycles. The minimum Gasteiger partial charge on any atom is -0.321 e. The number of aromatic nitrogens is 4. The molecule has 0 fully saturated rings. The zero-order valence-corrected chi connectivity index (χ0v) is 20.6. The number of carbonyl (C=O) groups is 1. The van der Waals surface area contributed by atoms with Gasteiger partial charge in [-0.3, -0.25) is 4.79 Å². The molecule has 10 heteroatoms. The summed E-state index contributed by atoms with van der Waals surface area (Å²) in [6.07, 6.45) is 1.19. The van der Waals surface area contributed by atoms with Gasteiger partial charge in [0, 0.05) is 23.2 Å². The molecule has 2 aromatic carbocycles. The molecule has 176 valence electrons. The van der Waals surface area contributed by atoms with Crippen LogP contribution in [0.25, 0.3) is 27.3 Å². The molecule has 0 unspecified atom stereocenters. The third kappa shape index (κ3) is 5.13. The fraction of sp³-hybridized carbons (Fsp3) is 0.120. The predicted molar refractivity (Wildman–Crippen MR) is 138 cm³/mol. The predicted octanol–water partition coefficient (Wildman–Crippen LogP) is 4.65. The number of sulfone groups is 1. The Balaban J connectivity index is 1.49. The third-order valence-corrected chi connectivity index (χ3v) is 6.95. The summed E-state index contributed by atoms with van der Waals surface area (Å²) in [5.41, 5.74) is 6.59. The van der Waals surface area contributed by atoms with E-state index >= 15 is 0 Å². The molecule has 0 aliphatic rings. The minimum atomic E-state index is -3.13. The number of hydrogen-bond acceptors (Lipinski definition) is 7. The number of nitrogens with zero attached hydrogens (tertiary/aromatic N) is 4. The van der Waals surface area contributed by atoms with E-state index in [4.69, 9.17) is 0 Å². The Labute approximate surface area is 206 Å². The Hall–Kier alpha value is -3.89. The maximum atomic E-state index is 13.1. The van der Waals surface area contributed by atoms with Crippen LogP contribution in [0, 0.1) is 6.92 Å². The summed E-state index contributed by atoms with van der Waals surface area (Å²) >= 11 is 1.55. The Kier molecular flexibility index (Phi) is 5.91. The third-order valence-electron chi connectivity index (χ3n) is 5.30. The zero-order chi connectivity index (χ0) is 24.6. The molecule has 0 aliphatic carbocycles. The smallest absolute Gasteiger partial charge is 0.276 e. The lowest BCUT2D eigenvalue weighted by Gasteiger charge is -2.07. The zero-order valence-electron chi connectivity index (χ0n) is 19.0. The average molecular weight is 504 g/mol. The minimum absolute atomic E-state index is 0.0530. The molecule has 8 nitrogen and oxygen atoms in total. The van der Waals surface area contributed by atoms with Crippen LogP contribution in [0.15, 0.2) is 72.2 Å². The average Bonchev–Trinajstić information content (AvgIpc) is 3.46. The lowest BCUT2D eigenvalue weighted by atomic mass is 10.1. The number of anilines is 1. The Morgan fingerprint density at radius 1 is 1.06 bits per heavy atom. The van der Waals surface area contributed by atoms with E-state index in [2.05, 4.69) is 20.4 Å². The Morgan fingerprint density at radius 3 is 2.60 bits per heavy atom. The monoisotopic (exact) mass is 503 g/mol. The number of fused-ring (bicyclic) bond motifs is 1. The summed E-state index contributed by atoms with van der Waals surface area (Å²) in [5, 5.41) is 7.41. The topological polar surface area (TPSA) is 107 Å². The van der Waals surface area contributed by atoms with Gasteiger partial charge in [-0.15, -0.1) is 11.3 Å². The number of carbonyl (C=O) groups excluding carboxylic acids is 1. The van der Waals surface area contributed by atoms with E-state index in [9.17, 15) is 13.2 Å². The van der Waals surface area contributed by atoms with Gasteiger partial charge in [-0.1, -0.05) is 24.3 Å². The standard InChI is InChI=1S/C25H21N5O3S2/c1-16-4-3-5-24(27-16)30-22(18-8-11-20-23(12-18)34-15-26-20)13-21(29-30)25(31)28-19-9-6-17(7-10-19)14-35(2,32)33/h3-13,15H,14H2,1-2H3,(H,28,31). The van der Waals surface area contributed by atoms with Gasteiger partial charge in [0.25, 0.3) is 5.91 Å². The van der Waals surface area contributed by atoms with Crippen LogP contribution in [0.1, 0.15) is 21.7 Å². The van der Waals surface area contributed by atoms with Crippen molar-refractivity contribution in [2.75, 3.05) is 11.6 Å². The summed E-state index contributed by atoms with van der Waals surface area (Å²) < 4.78 is 25.7. The number of nitrogens with one attached hydrogen (secondary N) is 1. The van der Waals surface area contributed by atoms with Gasteiger partial charge in [0.05, 0.1) is 27.2 Å². The summed E-state index contributed by atoms with van der Waals surface area (Å²) in [6.45, 7) is 1.90. The molecule has 0 bridgehead atoms. The molecular formula is C25H21N5O3S2. The van der Waals surface area contributed by atoms with Crippen molar-refractivity contribution >= 4 is 43.0 Å². The van der Waals surface area contributed by atoms with E-state index in [1.807, 2.05) is 43.3 Å². The second-order valence-electron chi connectivity index (χ2n) is 8.22. The number of pyridine rings is 1. The highest BCUT2D eigenvalue weighted by Gasteiger charge is 2.18. The van der Waals surface area contributed by atoms with Crippen molar-refractivity contribution in [2.24, 2.45) is 0 Å². The van der Waals surface area contributed by atoms with E-state index < -0.39 is 9.84 Å². The number of thiazole rings is 1. The number of benzene rings is 2. The molecule has 0 radical (unpaired) electrons. The molecular weight excluding hydrogens is 482 g/mol. The summed E-state index contributed by atoms with van der Waals surface area (Å²) in [4.78, 5) is 22.0. The molecule has 0 saturated heterocycles. The largest absolute Gasteiger partial charge is 0.321 e. The number of aryl methyl sites for hydroxylation is 1. The molecule has 1 N–H and O–H groups in total. The maximum absolute atomic E-state index is 13.1. The van der Waals surface area contributed by atoms with Crippen LogP contribution < -0.4 is 5.32 Å². The summed E-state index contributed by atoms with van der Waals surface area (Å²) in [5.74, 6) is 0.170. The first-order chi connectivity index (χ1) is 16.7. The van der Waals surface area contributed by atoms with Crippen LogP contribution in [0.4, 0.5) is 5.69 Å². The normalized spacial score (nSPS) is 11.6. The molecule has 5 aromatic rings. The van der Waals surface area contributed by atoms with E-state index in [1.165, 1.54) is 6.26 Å². The van der Waals surface area contributed by atoms with Crippen molar-refractivity contribution < 1.29 is 13.2 Å². The summed E-state index contributed by atoms with van der Waals surface area (Å²) in [6, 6.07) is 20.0. The van der Waals surface area contributed by atoms with Crippen molar-refractivity contribution in [3.05, 3.63) is 89.2 Å². The van der Waals surface area contributed by atoms with Crippen molar-refractivity contribution in [3.63, 3.8) is 0 Å². The first-order valence-corrected chi connectivity index (χ1v) is 13.6. The highest BCUT2D eigenvalue weighted by molar-refractivity contribution is 7.89. The lowest BCUT2D eigenvalue weighted by molar-refractivity contribution is 0.102. The van der Waals surface area contributed by atoms with Gasteiger partial charge in [-0.05, 0) is 55.0 Å². The molecule has 5 rings (SSSR count). The van der Waals surface area contributed by atoms with Gasteiger partial charge in [0.2, 0.25) is 0 Å². The highest BCUT2D eigenvalue weighted by Crippen LogP contribution is 2.29. The van der Waals surface area contributed by atoms with Crippen LogP contribution in [0.2, 0.25) is 0 Å². The quantitative estimate of drug-likeness (QED) is 0.362. The van der Waals surface area contributed by atoms with E-state index in [-0.39, 0.29) is 17.4 Å². The van der Waals surface area contributed by atoms with E-state index in [0.717, 1.165) is 27.2 Å². The van der Waals surface area contributed by atoms with Gasteiger partial charge >= 0.3 is 0 Å². The second-order valence-corrected chi connectivity index (χ2v) is 11.2. The Bertz CT molecular complexity index is 1650. The van der Waals surface area contributed by atoms with Crippen LogP contribution >= 0.6 is 11.3 Å². The van der Waals surface area contributed by atoms with E-state index in [1.54, 1.807) is 51.9 Å². The van der Waals surface area contributed by atoms with Gasteiger partial charge in [0.1, 0.15) is 0 Å². The lowest BCUT2D eigenvalue weighted by Crippen LogP contribution is -2.13. The van der Waals surface area contributed by atoms with Crippen molar-refractivity contribution in [2.45, 2.75) is 12.7 Å². The second kappa shape index (κ2) is 9.05. The first kappa shape index (κ1) is 22.9. The fourth-order valence-corrected chi connectivity index (χ4v) is 5.23. The van der Waals surface area contributed by atoms with Gasteiger partial charge in [0.15, 0.2) is 21.3 Å². The van der Waals surface area contributed by atoms with Crippen LogP contribution in [-0.4, -0.2) is 40.3 Å². The molecule has 0 aliphatic heterocycles. The van der Waals surface area contributed by atoms with Gasteiger partial charge in [-0.25, -0.2) is 23.1 Å². The number of amides is 1. The summed E-state index contributed by atoms with van der Waals surface area (Å²) in [7, 11) is -3.13. The van der Waals surface area contributed by atoms with Crippen molar-refractivity contribution in [1.82, 2.24) is 19.7 Å². The van der Waals surface area contributed by atoms with Crippen LogP contribution in [0.5, 0.6) is 0 Å². The number of hydrogen-bond donors (Lipinski definition) is 1. The molecule has 0 spiro atoms. The molecule has 3 aromatic heterocycles. The van der Waals surface area contributed by atoms with Crippen molar-refractivity contribution in [3.8, 4) is 17.1 Å². The maximum Gasteiger partial charge on any atom is 0.276 e. The van der Waals surface area contributed by atoms with Gasteiger partial charge < -0.3 is 5.32 Å². The van der Waals surface area contributed by atoms with Crippen LogP contribution in [0.3, 0.4) is 0 Å². The van der Waals surface area contributed by atoms with Crippen molar-refractivity contribution in [1.29, 1.82) is 0 Å². The SMILES string of the molecule is Cc1cccc(-n2nc(C(=O)Nc3ccc(CS(C)(=O)=O)cc3)cc2-c2ccc3ncsc3c2)n1. The molecule has 1 amide bonds. The fourth-order valence-electron chi connectivity index (χ4n) is 3.72. The molecule has 3 heterocycles. The highest BCUT2D eigenvalue weighted by atomic mass is 32.2. The Morgan fingerprint density at radius 2 is 1.86 bits per heavy atom. The first-order valence-electron chi connectivity index (χ1n) is 10.7. The van der Waals surface area contributed by atoms with Gasteiger partial charge in [-0.2, -0.15) is 5.10 Å².